The Morgan fingerprint density at radius 1 is 1.55 bits per heavy atom. The number of rotatable bonds is 0. The van der Waals surface area contributed by atoms with Crippen molar-refractivity contribution in [1.29, 1.82) is 0 Å². The molecule has 0 bridgehead atoms. The first-order chi connectivity index (χ1) is 5.22. The molecule has 0 aromatic carbocycles. The third-order valence-corrected chi connectivity index (χ3v) is 4.00. The first kappa shape index (κ1) is 6.44. The summed E-state index contributed by atoms with van der Waals surface area (Å²) < 4.78 is 0. The second kappa shape index (κ2) is 1.64. The molecule has 2 aliphatic heterocycles. The highest BCUT2D eigenvalue weighted by molar-refractivity contribution is 5.22. The van der Waals surface area contributed by atoms with Crippen LogP contribution in [0.25, 0.3) is 0 Å². The van der Waals surface area contributed by atoms with Gasteiger partial charge in [0.1, 0.15) is 0 Å². The largest absolute Gasteiger partial charge is 0.309 e. The fourth-order valence-electron chi connectivity index (χ4n) is 3.43. The number of likely N-dealkylation sites (tertiary alicyclic amines) is 1. The van der Waals surface area contributed by atoms with Crippen LogP contribution in [-0.2, 0) is 0 Å². The summed E-state index contributed by atoms with van der Waals surface area (Å²) in [5, 5.41) is 3.69. The lowest BCUT2D eigenvalue weighted by molar-refractivity contribution is 0.367. The van der Waals surface area contributed by atoms with Crippen molar-refractivity contribution < 1.29 is 0 Å². The van der Waals surface area contributed by atoms with Crippen LogP contribution in [0.2, 0.25) is 0 Å². The Morgan fingerprint density at radius 3 is 3.00 bits per heavy atom. The van der Waals surface area contributed by atoms with Crippen LogP contribution in [0, 0.1) is 11.3 Å². The van der Waals surface area contributed by atoms with E-state index in [-0.39, 0.29) is 0 Å². The van der Waals surface area contributed by atoms with E-state index in [4.69, 9.17) is 0 Å². The molecule has 0 radical (unpaired) electrons. The minimum atomic E-state index is 0.730. The number of nitrogens with one attached hydrogen (secondary N) is 1. The van der Waals surface area contributed by atoms with Crippen molar-refractivity contribution in [3.8, 4) is 0 Å². The van der Waals surface area contributed by atoms with E-state index in [2.05, 4.69) is 24.2 Å². The topological polar surface area (TPSA) is 15.3 Å². The predicted octanol–water partition coefficient (Wildman–Crippen LogP) is 0.298. The molecule has 2 heteroatoms. The van der Waals surface area contributed by atoms with Gasteiger partial charge >= 0.3 is 0 Å². The molecule has 0 aromatic heterocycles. The van der Waals surface area contributed by atoms with E-state index >= 15 is 0 Å². The molecule has 0 aromatic rings. The van der Waals surface area contributed by atoms with Crippen LogP contribution in [0.4, 0.5) is 0 Å². The summed E-state index contributed by atoms with van der Waals surface area (Å²) in [6.07, 6.45) is 1.50. The summed E-state index contributed by atoms with van der Waals surface area (Å²) in [5.41, 5.74) is 0.730. The molecule has 3 aliphatic rings. The Bertz CT molecular complexity index is 202. The third-order valence-electron chi connectivity index (χ3n) is 4.00. The lowest BCUT2D eigenvalue weighted by Crippen LogP contribution is -2.36. The Labute approximate surface area is 68.0 Å². The minimum Gasteiger partial charge on any atom is -0.309 e. The normalized spacial score (nSPS) is 61.1. The van der Waals surface area contributed by atoms with Crippen molar-refractivity contribution in [2.75, 3.05) is 20.1 Å². The van der Waals surface area contributed by atoms with E-state index in [1.165, 1.54) is 19.5 Å². The molecule has 0 amide bonds. The number of hydrogen-bond donors (Lipinski definition) is 1. The lowest BCUT2D eigenvalue weighted by atomic mass is 10.0. The van der Waals surface area contributed by atoms with E-state index < -0.39 is 0 Å². The molecular weight excluding hydrogens is 136 g/mol. The summed E-state index contributed by atoms with van der Waals surface area (Å²) in [7, 11) is 2.24. The van der Waals surface area contributed by atoms with Gasteiger partial charge in [-0.2, -0.15) is 0 Å². The second-order valence-electron chi connectivity index (χ2n) is 4.75. The average Bonchev–Trinajstić information content (AvgIpc) is 2.45. The number of nitrogens with zero attached hydrogens (tertiary/aromatic N) is 1. The molecule has 3 rings (SSSR count). The van der Waals surface area contributed by atoms with Crippen molar-refractivity contribution in [1.82, 2.24) is 10.2 Å². The molecule has 1 spiro atoms. The summed E-state index contributed by atoms with van der Waals surface area (Å²) in [4.78, 5) is 2.48. The summed E-state index contributed by atoms with van der Waals surface area (Å²) in [6.45, 7) is 4.97. The molecule has 1 aliphatic carbocycles. The number of likely N-dealkylation sites (N-methyl/N-ethyl adjacent to an activating group) is 1. The van der Waals surface area contributed by atoms with Gasteiger partial charge in [0, 0.05) is 30.6 Å². The van der Waals surface area contributed by atoms with Gasteiger partial charge in [0.25, 0.3) is 0 Å². The van der Waals surface area contributed by atoms with Crippen LogP contribution in [-0.4, -0.2) is 37.1 Å². The lowest BCUT2D eigenvalue weighted by Gasteiger charge is -2.14. The number of piperidine rings is 1. The standard InChI is InChI=1S/C9H16N2/c1-6-7-3-9(7)5-11(2)4-8(9)10-6/h6-8,10H,3-5H2,1-2H3. The Hall–Kier alpha value is -0.0800. The smallest absolute Gasteiger partial charge is 0.0269 e. The second-order valence-corrected chi connectivity index (χ2v) is 4.75. The first-order valence-corrected chi connectivity index (χ1v) is 4.67. The van der Waals surface area contributed by atoms with Crippen molar-refractivity contribution >= 4 is 0 Å². The summed E-state index contributed by atoms with van der Waals surface area (Å²) in [6, 6.07) is 1.63. The molecule has 4 atom stereocenters. The van der Waals surface area contributed by atoms with Crippen LogP contribution in [0.1, 0.15) is 13.3 Å². The Morgan fingerprint density at radius 2 is 2.36 bits per heavy atom. The van der Waals surface area contributed by atoms with E-state index in [1.807, 2.05) is 0 Å². The predicted molar refractivity (Wildman–Crippen MR) is 44.4 cm³/mol. The zero-order valence-corrected chi connectivity index (χ0v) is 7.30. The zero-order valence-electron chi connectivity index (χ0n) is 7.30. The first-order valence-electron chi connectivity index (χ1n) is 4.67. The zero-order chi connectivity index (χ0) is 7.64. The van der Waals surface area contributed by atoms with Crippen molar-refractivity contribution in [3.63, 3.8) is 0 Å². The minimum absolute atomic E-state index is 0.730. The van der Waals surface area contributed by atoms with Gasteiger partial charge in [-0.05, 0) is 26.3 Å². The van der Waals surface area contributed by atoms with E-state index in [0.717, 1.165) is 23.4 Å². The van der Waals surface area contributed by atoms with Gasteiger partial charge < -0.3 is 10.2 Å². The molecule has 4 unspecified atom stereocenters. The summed E-state index contributed by atoms with van der Waals surface area (Å²) >= 11 is 0. The fraction of sp³-hybridized carbons (Fsp3) is 1.00. The SMILES string of the molecule is CC1NC2CN(C)CC23CC13. The molecule has 11 heavy (non-hydrogen) atoms. The van der Waals surface area contributed by atoms with Gasteiger partial charge in [-0.25, -0.2) is 0 Å². The maximum Gasteiger partial charge on any atom is 0.0269 e. The highest BCUT2D eigenvalue weighted by Gasteiger charge is 2.68. The molecule has 2 heterocycles. The van der Waals surface area contributed by atoms with E-state index in [0.29, 0.717) is 0 Å². The van der Waals surface area contributed by atoms with Crippen LogP contribution >= 0.6 is 0 Å². The molecule has 2 saturated heterocycles. The van der Waals surface area contributed by atoms with Crippen LogP contribution in [0.5, 0.6) is 0 Å². The van der Waals surface area contributed by atoms with Gasteiger partial charge in [-0.1, -0.05) is 0 Å². The Kier molecular flexibility index (Phi) is 0.961. The molecule has 3 fully saturated rings. The molecular formula is C9H16N2. The maximum absolute atomic E-state index is 3.69. The highest BCUT2D eigenvalue weighted by Crippen LogP contribution is 2.63. The molecule has 62 valence electrons. The van der Waals surface area contributed by atoms with Gasteiger partial charge in [0.15, 0.2) is 0 Å². The highest BCUT2D eigenvalue weighted by atomic mass is 15.2. The fourth-order valence-corrected chi connectivity index (χ4v) is 3.43. The van der Waals surface area contributed by atoms with E-state index in [1.54, 1.807) is 0 Å². The molecule has 2 nitrogen and oxygen atoms in total. The average molecular weight is 152 g/mol. The van der Waals surface area contributed by atoms with Gasteiger partial charge in [0.05, 0.1) is 0 Å². The quantitative estimate of drug-likeness (QED) is 0.537. The van der Waals surface area contributed by atoms with Gasteiger partial charge in [0.2, 0.25) is 0 Å². The third kappa shape index (κ3) is 0.611. The maximum atomic E-state index is 3.69. The van der Waals surface area contributed by atoms with Crippen LogP contribution in [0.15, 0.2) is 0 Å². The monoisotopic (exact) mass is 152 g/mol. The van der Waals surface area contributed by atoms with Gasteiger partial charge in [-0.15, -0.1) is 0 Å². The van der Waals surface area contributed by atoms with Crippen molar-refractivity contribution in [2.24, 2.45) is 11.3 Å². The number of hydrogen-bond acceptors (Lipinski definition) is 2. The molecule has 1 N–H and O–H groups in total. The summed E-state index contributed by atoms with van der Waals surface area (Å²) in [5.74, 6) is 1.01. The Balaban J connectivity index is 1.90. The van der Waals surface area contributed by atoms with Gasteiger partial charge in [-0.3, -0.25) is 0 Å². The van der Waals surface area contributed by atoms with Crippen molar-refractivity contribution in [3.05, 3.63) is 0 Å². The van der Waals surface area contributed by atoms with Crippen LogP contribution < -0.4 is 5.32 Å². The molecule has 1 saturated carbocycles. The van der Waals surface area contributed by atoms with Crippen molar-refractivity contribution in [2.45, 2.75) is 25.4 Å². The van der Waals surface area contributed by atoms with E-state index in [9.17, 15) is 0 Å². The van der Waals surface area contributed by atoms with Crippen LogP contribution in [0.3, 0.4) is 0 Å².